The highest BCUT2D eigenvalue weighted by molar-refractivity contribution is 7.93. The van der Waals surface area contributed by atoms with Gasteiger partial charge in [-0.05, 0) is 55.3 Å². The average Bonchev–Trinajstić information content (AvgIpc) is 3.18. The van der Waals surface area contributed by atoms with Crippen molar-refractivity contribution in [1.29, 1.82) is 0 Å². The van der Waals surface area contributed by atoms with Gasteiger partial charge in [0.25, 0.3) is 10.0 Å². The molecule has 0 amide bonds. The number of anilines is 2. The number of hydrogen-bond acceptors (Lipinski definition) is 5. The number of thiophene rings is 1. The summed E-state index contributed by atoms with van der Waals surface area (Å²) in [6.07, 6.45) is 1.77. The Kier molecular flexibility index (Phi) is 6.32. The van der Waals surface area contributed by atoms with Crippen molar-refractivity contribution >= 4 is 42.1 Å². The molecule has 0 atom stereocenters. The number of unbranched alkanes of at least 4 members (excludes halogenated alkanes) is 1. The zero-order chi connectivity index (χ0) is 21.1. The molecule has 0 radical (unpaired) electrons. The van der Waals surface area contributed by atoms with Crippen LogP contribution in [0.15, 0.2) is 59.5 Å². The van der Waals surface area contributed by atoms with E-state index in [1.165, 1.54) is 11.3 Å². The topological polar surface area (TPSA) is 43.9 Å². The molecule has 3 aromatic rings. The van der Waals surface area contributed by atoms with Gasteiger partial charge in [0.2, 0.25) is 0 Å². The number of hydrogen-bond donors (Lipinski definition) is 0. The van der Waals surface area contributed by atoms with Gasteiger partial charge < -0.3 is 9.80 Å². The molecule has 0 bridgehead atoms. The van der Waals surface area contributed by atoms with E-state index in [4.69, 9.17) is 0 Å². The minimum absolute atomic E-state index is 0.355. The van der Waals surface area contributed by atoms with Crippen LogP contribution in [0.3, 0.4) is 0 Å². The number of fused-ring (bicyclic) bond motifs is 1. The quantitative estimate of drug-likeness (QED) is 0.533. The summed E-state index contributed by atoms with van der Waals surface area (Å²) < 4.78 is 29.8. The van der Waals surface area contributed by atoms with Crippen molar-refractivity contribution in [2.45, 2.75) is 24.7 Å². The Bertz CT molecular complexity index is 1050. The standard InChI is InChI=1S/C23H29N3O2S2/c1-3-4-13-26(23-18-19-7-5-6-8-22(19)29-23)30(27,28)21-11-9-20(10-12-21)25-16-14-24(2)15-17-25/h5-12,18H,3-4,13-17H2,1-2H3. The third-order valence-electron chi connectivity index (χ3n) is 5.67. The van der Waals surface area contributed by atoms with Crippen LogP contribution in [0.2, 0.25) is 0 Å². The summed E-state index contributed by atoms with van der Waals surface area (Å²) in [5.74, 6) is 0. The van der Waals surface area contributed by atoms with Crippen molar-refractivity contribution in [3.8, 4) is 0 Å². The highest BCUT2D eigenvalue weighted by Crippen LogP contribution is 2.36. The molecule has 1 aliphatic rings. The molecule has 2 heterocycles. The van der Waals surface area contributed by atoms with Crippen LogP contribution in [0.25, 0.3) is 10.1 Å². The number of piperazine rings is 1. The monoisotopic (exact) mass is 443 g/mol. The molecule has 160 valence electrons. The fourth-order valence-electron chi connectivity index (χ4n) is 3.76. The molecule has 4 rings (SSSR count). The minimum atomic E-state index is -3.61. The second-order valence-corrected chi connectivity index (χ2v) is 10.8. The maximum atomic E-state index is 13.6. The summed E-state index contributed by atoms with van der Waals surface area (Å²) in [5.41, 5.74) is 1.09. The summed E-state index contributed by atoms with van der Waals surface area (Å²) in [5, 5.41) is 1.87. The molecule has 1 aliphatic heterocycles. The maximum Gasteiger partial charge on any atom is 0.264 e. The van der Waals surface area contributed by atoms with E-state index in [1.807, 2.05) is 42.5 Å². The number of likely N-dealkylation sites (N-methyl/N-ethyl adjacent to an activating group) is 1. The lowest BCUT2D eigenvalue weighted by atomic mass is 10.2. The molecule has 30 heavy (non-hydrogen) atoms. The van der Waals surface area contributed by atoms with Crippen LogP contribution in [0.1, 0.15) is 19.8 Å². The molecule has 0 aliphatic carbocycles. The molecule has 7 heteroatoms. The van der Waals surface area contributed by atoms with Gasteiger partial charge in [-0.25, -0.2) is 8.42 Å². The van der Waals surface area contributed by atoms with Crippen LogP contribution in [0.5, 0.6) is 0 Å². The van der Waals surface area contributed by atoms with Gasteiger partial charge in [0.1, 0.15) is 5.00 Å². The van der Waals surface area contributed by atoms with E-state index >= 15 is 0 Å². The lowest BCUT2D eigenvalue weighted by molar-refractivity contribution is 0.313. The van der Waals surface area contributed by atoms with Gasteiger partial charge in [-0.2, -0.15) is 0 Å². The van der Waals surface area contributed by atoms with Gasteiger partial charge in [0, 0.05) is 43.1 Å². The fourth-order valence-corrected chi connectivity index (χ4v) is 6.56. The van der Waals surface area contributed by atoms with Crippen molar-refractivity contribution < 1.29 is 8.42 Å². The van der Waals surface area contributed by atoms with Crippen LogP contribution in [0.4, 0.5) is 10.7 Å². The molecule has 0 spiro atoms. The Balaban J connectivity index is 1.62. The van der Waals surface area contributed by atoms with Crippen LogP contribution < -0.4 is 9.21 Å². The second-order valence-electron chi connectivity index (χ2n) is 7.84. The highest BCUT2D eigenvalue weighted by Gasteiger charge is 2.26. The Labute approximate surface area is 183 Å². The third-order valence-corrected chi connectivity index (χ3v) is 8.75. The predicted octanol–water partition coefficient (Wildman–Crippen LogP) is 4.65. The smallest absolute Gasteiger partial charge is 0.264 e. The summed E-state index contributed by atoms with van der Waals surface area (Å²) >= 11 is 1.54. The Morgan fingerprint density at radius 2 is 1.70 bits per heavy atom. The summed E-state index contributed by atoms with van der Waals surface area (Å²) in [4.78, 5) is 4.98. The van der Waals surface area contributed by atoms with Crippen LogP contribution in [-0.2, 0) is 10.0 Å². The van der Waals surface area contributed by atoms with Gasteiger partial charge in [-0.3, -0.25) is 4.31 Å². The molecule has 5 nitrogen and oxygen atoms in total. The summed E-state index contributed by atoms with van der Waals surface area (Å²) in [7, 11) is -1.48. The number of nitrogens with zero attached hydrogens (tertiary/aromatic N) is 3. The third kappa shape index (κ3) is 4.33. The lowest BCUT2D eigenvalue weighted by Crippen LogP contribution is -2.44. The Hall–Kier alpha value is -2.09. The molecule has 0 unspecified atom stereocenters. The molecule has 1 aromatic heterocycles. The van der Waals surface area contributed by atoms with Crippen molar-refractivity contribution in [2.75, 3.05) is 49.0 Å². The van der Waals surface area contributed by atoms with Gasteiger partial charge in [-0.1, -0.05) is 31.5 Å². The predicted molar refractivity (Wildman–Crippen MR) is 127 cm³/mol. The van der Waals surface area contributed by atoms with Crippen LogP contribution in [0, 0.1) is 0 Å². The van der Waals surface area contributed by atoms with Crippen molar-refractivity contribution in [1.82, 2.24) is 4.90 Å². The van der Waals surface area contributed by atoms with E-state index < -0.39 is 10.0 Å². The van der Waals surface area contributed by atoms with Crippen molar-refractivity contribution in [3.63, 3.8) is 0 Å². The van der Waals surface area contributed by atoms with Gasteiger partial charge >= 0.3 is 0 Å². The molecular formula is C23H29N3O2S2. The first kappa shape index (κ1) is 21.2. The minimum Gasteiger partial charge on any atom is -0.369 e. The van der Waals surface area contributed by atoms with E-state index in [0.717, 1.165) is 59.8 Å². The zero-order valence-electron chi connectivity index (χ0n) is 17.6. The van der Waals surface area contributed by atoms with Gasteiger partial charge in [0.05, 0.1) is 4.90 Å². The van der Waals surface area contributed by atoms with Gasteiger partial charge in [-0.15, -0.1) is 11.3 Å². The number of sulfonamides is 1. The Morgan fingerprint density at radius 1 is 1.00 bits per heavy atom. The van der Waals surface area contributed by atoms with Crippen molar-refractivity contribution in [2.24, 2.45) is 0 Å². The van der Waals surface area contributed by atoms with Crippen LogP contribution in [-0.4, -0.2) is 53.1 Å². The summed E-state index contributed by atoms with van der Waals surface area (Å²) in [6, 6.07) is 17.5. The molecule has 0 N–H and O–H groups in total. The highest BCUT2D eigenvalue weighted by atomic mass is 32.2. The summed E-state index contributed by atoms with van der Waals surface area (Å²) in [6.45, 7) is 6.56. The van der Waals surface area contributed by atoms with E-state index in [9.17, 15) is 8.42 Å². The van der Waals surface area contributed by atoms with Gasteiger partial charge in [0.15, 0.2) is 0 Å². The molecular weight excluding hydrogens is 414 g/mol. The van der Waals surface area contributed by atoms with E-state index in [1.54, 1.807) is 16.4 Å². The number of rotatable bonds is 7. The van der Waals surface area contributed by atoms with E-state index in [2.05, 4.69) is 23.8 Å². The van der Waals surface area contributed by atoms with Crippen LogP contribution >= 0.6 is 11.3 Å². The number of benzene rings is 2. The zero-order valence-corrected chi connectivity index (χ0v) is 19.3. The fraction of sp³-hybridized carbons (Fsp3) is 0.391. The van der Waals surface area contributed by atoms with Crippen molar-refractivity contribution in [3.05, 3.63) is 54.6 Å². The SMILES string of the molecule is CCCCN(c1cc2ccccc2s1)S(=O)(=O)c1ccc(N2CCN(C)CC2)cc1. The maximum absolute atomic E-state index is 13.6. The molecule has 1 saturated heterocycles. The second kappa shape index (κ2) is 8.96. The Morgan fingerprint density at radius 3 is 2.37 bits per heavy atom. The van der Waals surface area contributed by atoms with E-state index in [0.29, 0.717) is 11.4 Å². The normalized spacial score (nSPS) is 15.6. The average molecular weight is 444 g/mol. The molecule has 2 aromatic carbocycles. The largest absolute Gasteiger partial charge is 0.369 e. The first-order valence-electron chi connectivity index (χ1n) is 10.5. The van der Waals surface area contributed by atoms with E-state index in [-0.39, 0.29) is 0 Å². The first-order chi connectivity index (χ1) is 14.5. The first-order valence-corrected chi connectivity index (χ1v) is 12.8. The molecule has 1 fully saturated rings. The molecule has 0 saturated carbocycles. The lowest BCUT2D eigenvalue weighted by Gasteiger charge is -2.34.